The van der Waals surface area contributed by atoms with Crippen molar-refractivity contribution in [2.45, 2.75) is 6.54 Å². The summed E-state index contributed by atoms with van der Waals surface area (Å²) in [7, 11) is 1.53. The van der Waals surface area contributed by atoms with Crippen molar-refractivity contribution in [3.63, 3.8) is 0 Å². The van der Waals surface area contributed by atoms with Crippen LogP contribution in [0, 0.1) is 0 Å². The number of ether oxygens (including phenoxy) is 1. The van der Waals surface area contributed by atoms with Gasteiger partial charge in [-0.05, 0) is 17.7 Å². The lowest BCUT2D eigenvalue weighted by Gasteiger charge is -2.06. The van der Waals surface area contributed by atoms with Crippen molar-refractivity contribution in [2.75, 3.05) is 7.11 Å². The van der Waals surface area contributed by atoms with Crippen molar-refractivity contribution >= 4 is 11.6 Å². The van der Waals surface area contributed by atoms with Crippen LogP contribution in [0.4, 0.5) is 0 Å². The van der Waals surface area contributed by atoms with E-state index in [0.717, 1.165) is 5.56 Å². The molecule has 0 fully saturated rings. The van der Waals surface area contributed by atoms with Gasteiger partial charge in [-0.25, -0.2) is 9.97 Å². The van der Waals surface area contributed by atoms with E-state index >= 15 is 0 Å². The minimum Gasteiger partial charge on any atom is -0.481 e. The molecule has 3 rings (SSSR count). The summed E-state index contributed by atoms with van der Waals surface area (Å²) in [5.74, 6) is 0.0219. The third kappa shape index (κ3) is 3.03. The van der Waals surface area contributed by atoms with E-state index in [4.69, 9.17) is 4.74 Å². The van der Waals surface area contributed by atoms with Crippen molar-refractivity contribution in [3.05, 3.63) is 70.4 Å². The first kappa shape index (κ1) is 14.7. The second kappa shape index (κ2) is 6.27. The lowest BCUT2D eigenvalue weighted by molar-refractivity contribution is 0.0949. The summed E-state index contributed by atoms with van der Waals surface area (Å²) in [6.45, 7) is 0.257. The second-order valence-corrected chi connectivity index (χ2v) is 4.80. The predicted octanol–water partition coefficient (Wildman–Crippen LogP) is 1.03. The Morgan fingerprint density at radius 3 is 2.83 bits per heavy atom. The van der Waals surface area contributed by atoms with Gasteiger partial charge in [-0.2, -0.15) is 0 Å². The van der Waals surface area contributed by atoms with Crippen molar-refractivity contribution < 1.29 is 9.53 Å². The van der Waals surface area contributed by atoms with Crippen molar-refractivity contribution in [2.24, 2.45) is 0 Å². The Morgan fingerprint density at radius 1 is 1.22 bits per heavy atom. The van der Waals surface area contributed by atoms with E-state index in [9.17, 15) is 9.59 Å². The molecule has 0 saturated heterocycles. The van der Waals surface area contributed by atoms with Gasteiger partial charge >= 0.3 is 0 Å². The maximum Gasteiger partial charge on any atom is 0.270 e. The SMILES string of the molecule is COc1ccc(CNC(=O)c2cnc3ccccn3c2=O)cn1. The van der Waals surface area contributed by atoms with Crippen molar-refractivity contribution in [3.8, 4) is 5.88 Å². The highest BCUT2D eigenvalue weighted by Crippen LogP contribution is 2.06. The predicted molar refractivity (Wildman–Crippen MR) is 83.4 cm³/mol. The highest BCUT2D eigenvalue weighted by molar-refractivity contribution is 5.93. The Morgan fingerprint density at radius 2 is 2.09 bits per heavy atom. The summed E-state index contributed by atoms with van der Waals surface area (Å²) < 4.78 is 6.31. The molecule has 7 nitrogen and oxygen atoms in total. The zero-order chi connectivity index (χ0) is 16.2. The molecule has 1 amide bonds. The van der Waals surface area contributed by atoms with Crippen LogP contribution in [0.2, 0.25) is 0 Å². The molecule has 0 aliphatic heterocycles. The molecule has 0 bridgehead atoms. The lowest BCUT2D eigenvalue weighted by atomic mass is 10.2. The quantitative estimate of drug-likeness (QED) is 0.778. The minimum atomic E-state index is -0.475. The van der Waals surface area contributed by atoms with Crippen LogP contribution in [0.15, 0.2) is 53.7 Å². The van der Waals surface area contributed by atoms with Gasteiger partial charge in [-0.15, -0.1) is 0 Å². The van der Waals surface area contributed by atoms with Crippen LogP contribution in [0.5, 0.6) is 5.88 Å². The molecule has 0 radical (unpaired) electrons. The third-order valence-electron chi connectivity index (χ3n) is 3.32. The number of aromatic nitrogens is 3. The van der Waals surface area contributed by atoms with Crippen LogP contribution in [0.1, 0.15) is 15.9 Å². The Bertz CT molecular complexity index is 903. The van der Waals surface area contributed by atoms with E-state index in [2.05, 4.69) is 15.3 Å². The maximum absolute atomic E-state index is 12.3. The molecule has 3 aromatic rings. The van der Waals surface area contributed by atoms with Crippen LogP contribution < -0.4 is 15.6 Å². The highest BCUT2D eigenvalue weighted by atomic mass is 16.5. The van der Waals surface area contributed by atoms with E-state index in [0.29, 0.717) is 11.5 Å². The molecule has 0 unspecified atom stereocenters. The molecule has 3 aromatic heterocycles. The van der Waals surface area contributed by atoms with E-state index in [1.165, 1.54) is 17.7 Å². The molecule has 23 heavy (non-hydrogen) atoms. The van der Waals surface area contributed by atoms with Gasteiger partial charge in [0, 0.05) is 31.2 Å². The molecule has 0 spiro atoms. The summed E-state index contributed by atoms with van der Waals surface area (Å²) in [5, 5.41) is 2.69. The number of carbonyl (C=O) groups is 1. The molecule has 0 aliphatic carbocycles. The molecule has 0 atom stereocenters. The molecule has 7 heteroatoms. The molecule has 0 saturated carbocycles. The standard InChI is InChI=1S/C16H14N4O3/c1-23-14-6-5-11(8-18-14)9-19-15(21)12-10-17-13-4-2-3-7-20(13)16(12)22/h2-8,10H,9H2,1H3,(H,19,21). The Labute approximate surface area is 131 Å². The lowest BCUT2D eigenvalue weighted by Crippen LogP contribution is -2.31. The molecule has 1 N–H and O–H groups in total. The van der Waals surface area contributed by atoms with Gasteiger partial charge in [-0.3, -0.25) is 14.0 Å². The van der Waals surface area contributed by atoms with Gasteiger partial charge in [0.05, 0.1) is 7.11 Å². The van der Waals surface area contributed by atoms with E-state index in [1.807, 2.05) is 0 Å². The van der Waals surface area contributed by atoms with Gasteiger partial charge in [0.15, 0.2) is 0 Å². The number of pyridine rings is 2. The fourth-order valence-electron chi connectivity index (χ4n) is 2.10. The van der Waals surface area contributed by atoms with Gasteiger partial charge < -0.3 is 10.1 Å². The summed E-state index contributed by atoms with van der Waals surface area (Å²) in [6, 6.07) is 8.68. The van der Waals surface area contributed by atoms with Crippen LogP contribution in [0.25, 0.3) is 5.65 Å². The Balaban J connectivity index is 1.78. The number of hydrogen-bond acceptors (Lipinski definition) is 5. The molecular weight excluding hydrogens is 296 g/mol. The monoisotopic (exact) mass is 310 g/mol. The molecule has 116 valence electrons. The summed E-state index contributed by atoms with van der Waals surface area (Å²) >= 11 is 0. The summed E-state index contributed by atoms with van der Waals surface area (Å²) in [5.41, 5.74) is 0.887. The van der Waals surface area contributed by atoms with Gasteiger partial charge in [0.1, 0.15) is 11.2 Å². The summed E-state index contributed by atoms with van der Waals surface area (Å²) in [6.07, 6.45) is 4.47. The molecule has 0 aliphatic rings. The van der Waals surface area contributed by atoms with E-state index < -0.39 is 11.5 Å². The minimum absolute atomic E-state index is 0.00447. The number of carbonyl (C=O) groups excluding carboxylic acids is 1. The molecular formula is C16H14N4O3. The third-order valence-corrected chi connectivity index (χ3v) is 3.32. The largest absolute Gasteiger partial charge is 0.481 e. The molecule has 3 heterocycles. The van der Waals surface area contributed by atoms with Crippen LogP contribution in [-0.2, 0) is 6.54 Å². The van der Waals surface area contributed by atoms with Crippen molar-refractivity contribution in [1.82, 2.24) is 19.7 Å². The van der Waals surface area contributed by atoms with Gasteiger partial charge in [0.2, 0.25) is 5.88 Å². The second-order valence-electron chi connectivity index (χ2n) is 4.80. The average Bonchev–Trinajstić information content (AvgIpc) is 2.60. The maximum atomic E-state index is 12.3. The molecule has 0 aromatic carbocycles. The smallest absolute Gasteiger partial charge is 0.270 e. The van der Waals surface area contributed by atoms with Crippen LogP contribution >= 0.6 is 0 Å². The number of methoxy groups -OCH3 is 1. The highest BCUT2D eigenvalue weighted by Gasteiger charge is 2.12. The van der Waals surface area contributed by atoms with Crippen molar-refractivity contribution in [1.29, 1.82) is 0 Å². The Kier molecular flexibility index (Phi) is 4.01. The first-order chi connectivity index (χ1) is 11.2. The number of nitrogens with one attached hydrogen (secondary N) is 1. The fraction of sp³-hybridized carbons (Fsp3) is 0.125. The normalized spacial score (nSPS) is 10.5. The van der Waals surface area contributed by atoms with Gasteiger partial charge in [0.25, 0.3) is 11.5 Å². The zero-order valence-electron chi connectivity index (χ0n) is 12.4. The van der Waals surface area contributed by atoms with E-state index in [-0.39, 0.29) is 12.1 Å². The Hall–Kier alpha value is -3.22. The number of fused-ring (bicyclic) bond motifs is 1. The first-order valence-electron chi connectivity index (χ1n) is 6.92. The fourth-order valence-corrected chi connectivity index (χ4v) is 2.10. The summed E-state index contributed by atoms with van der Waals surface area (Å²) in [4.78, 5) is 32.7. The van der Waals surface area contributed by atoms with Crippen LogP contribution in [0.3, 0.4) is 0 Å². The number of amides is 1. The number of hydrogen-bond donors (Lipinski definition) is 1. The first-order valence-corrected chi connectivity index (χ1v) is 6.92. The number of nitrogens with zero attached hydrogens (tertiary/aromatic N) is 3. The van der Waals surface area contributed by atoms with E-state index in [1.54, 1.807) is 42.7 Å². The topological polar surface area (TPSA) is 85.6 Å². The van der Waals surface area contributed by atoms with Gasteiger partial charge in [-0.1, -0.05) is 12.1 Å². The average molecular weight is 310 g/mol. The zero-order valence-corrected chi connectivity index (χ0v) is 12.4. The van der Waals surface area contributed by atoms with Crippen LogP contribution in [-0.4, -0.2) is 27.4 Å². The number of rotatable bonds is 4.